The number of hydrogen-bond acceptors (Lipinski definition) is 4. The van der Waals surface area contributed by atoms with Gasteiger partial charge in [-0.2, -0.15) is 5.10 Å². The summed E-state index contributed by atoms with van der Waals surface area (Å²) in [4.78, 5) is 24.9. The third-order valence-electron chi connectivity index (χ3n) is 12.7. The molecule has 204 valence electrons. The van der Waals surface area contributed by atoms with Crippen LogP contribution in [-0.2, 0) is 11.3 Å². The smallest absolute Gasteiger partial charge is 0.338 e. The number of carboxylic acids is 1. The second kappa shape index (κ2) is 8.66. The van der Waals surface area contributed by atoms with E-state index in [9.17, 15) is 19.8 Å². The second-order valence-electron chi connectivity index (χ2n) is 14.6. The fourth-order valence-corrected chi connectivity index (χ4v) is 10.6. The molecule has 5 saturated carbocycles. The largest absolute Gasteiger partial charge is 0.478 e. The fourth-order valence-electron chi connectivity index (χ4n) is 10.6. The number of hydrogen-bond donors (Lipinski definition) is 2. The van der Waals surface area contributed by atoms with Gasteiger partial charge in [-0.1, -0.05) is 13.8 Å². The molecule has 1 aromatic rings. The van der Waals surface area contributed by atoms with Crippen LogP contribution in [0.5, 0.6) is 0 Å². The molecule has 0 saturated heterocycles. The molecule has 37 heavy (non-hydrogen) atoms. The van der Waals surface area contributed by atoms with Crippen LogP contribution in [0.15, 0.2) is 12.4 Å². The third kappa shape index (κ3) is 4.03. The number of rotatable bonds is 5. The molecule has 8 atom stereocenters. The standard InChI is InChI=1S/C31H46N2O4/c1-28(37)14-15-30(3)24-11-12-29(2)22(5-4-20(24)10-13-31(30,19-28)23-6-7-23)8-9-25(29)26(34)18-33-17-21(16-32-33)27(35)36/h16-17,20,22-25,37H,4-15,18-19H2,1-3H3,(H,35,36)/t20?,22?,24-,25+,28+,29-,30+,31?/m0/s1. The zero-order valence-electron chi connectivity index (χ0n) is 23.0. The Bertz CT molecular complexity index is 1080. The summed E-state index contributed by atoms with van der Waals surface area (Å²) in [5.74, 6) is 2.12. The van der Waals surface area contributed by atoms with Crippen molar-refractivity contribution in [3.63, 3.8) is 0 Å². The fraction of sp³-hybridized carbons (Fsp3) is 0.839. The van der Waals surface area contributed by atoms with Gasteiger partial charge in [-0.05, 0) is 130 Å². The van der Waals surface area contributed by atoms with Crippen molar-refractivity contribution in [2.45, 2.75) is 116 Å². The highest BCUT2D eigenvalue weighted by molar-refractivity contribution is 5.87. The predicted molar refractivity (Wildman–Crippen MR) is 141 cm³/mol. The van der Waals surface area contributed by atoms with E-state index in [-0.39, 0.29) is 29.2 Å². The van der Waals surface area contributed by atoms with Crippen LogP contribution in [0.4, 0.5) is 0 Å². The normalized spacial score (nSPS) is 45.7. The number of fused-ring (bicyclic) bond motifs is 4. The minimum absolute atomic E-state index is 0.0149. The molecule has 6 heteroatoms. The van der Waals surface area contributed by atoms with Gasteiger partial charge in [-0.15, -0.1) is 0 Å². The summed E-state index contributed by atoms with van der Waals surface area (Å²) < 4.78 is 1.52. The number of ketones is 1. The van der Waals surface area contributed by atoms with Crippen LogP contribution in [-0.4, -0.2) is 37.3 Å². The highest BCUT2D eigenvalue weighted by Crippen LogP contribution is 2.73. The van der Waals surface area contributed by atoms with Gasteiger partial charge in [-0.3, -0.25) is 9.48 Å². The SMILES string of the molecule is C[C@@]1(O)CC[C@]2(C)[C@H]3CC[C@@]4(C)C(CCC3CCC2(C2CC2)C1)CC[C@@H]4C(=O)Cn1cc(C(=O)O)cn1. The predicted octanol–water partition coefficient (Wildman–Crippen LogP) is 6.12. The Morgan fingerprint density at radius 1 is 0.946 bits per heavy atom. The van der Waals surface area contributed by atoms with Gasteiger partial charge in [0.25, 0.3) is 0 Å². The zero-order chi connectivity index (χ0) is 26.2. The van der Waals surface area contributed by atoms with E-state index in [0.717, 1.165) is 50.4 Å². The first-order chi connectivity index (χ1) is 17.5. The lowest BCUT2D eigenvalue weighted by Crippen LogP contribution is -2.59. The Balaban J connectivity index is 1.24. The highest BCUT2D eigenvalue weighted by Gasteiger charge is 2.66. The van der Waals surface area contributed by atoms with E-state index >= 15 is 0 Å². The average molecular weight is 511 g/mol. The van der Waals surface area contributed by atoms with Gasteiger partial charge in [-0.25, -0.2) is 4.79 Å². The zero-order valence-corrected chi connectivity index (χ0v) is 23.0. The molecule has 0 amide bonds. The molecular formula is C31H46N2O4. The maximum Gasteiger partial charge on any atom is 0.338 e. The van der Waals surface area contributed by atoms with Gasteiger partial charge in [0.1, 0.15) is 0 Å². The van der Waals surface area contributed by atoms with Crippen molar-refractivity contribution in [1.29, 1.82) is 0 Å². The summed E-state index contributed by atoms with van der Waals surface area (Å²) in [7, 11) is 0. The molecule has 0 aliphatic heterocycles. The molecule has 5 fully saturated rings. The van der Waals surface area contributed by atoms with E-state index in [4.69, 9.17) is 0 Å². The maximum absolute atomic E-state index is 13.6. The van der Waals surface area contributed by atoms with Crippen molar-refractivity contribution in [1.82, 2.24) is 9.78 Å². The lowest BCUT2D eigenvalue weighted by Gasteiger charge is -2.65. The van der Waals surface area contributed by atoms with Gasteiger partial charge in [0, 0.05) is 12.1 Å². The summed E-state index contributed by atoms with van der Waals surface area (Å²) in [6.07, 6.45) is 18.1. The Hall–Kier alpha value is -1.69. The summed E-state index contributed by atoms with van der Waals surface area (Å²) >= 11 is 0. The number of carboxylic acid groups (broad SMARTS) is 1. The molecule has 6 nitrogen and oxygen atoms in total. The van der Waals surface area contributed by atoms with E-state index in [2.05, 4.69) is 25.9 Å². The first-order valence-electron chi connectivity index (χ1n) is 15.0. The molecule has 3 unspecified atom stereocenters. The molecule has 0 bridgehead atoms. The van der Waals surface area contributed by atoms with Crippen molar-refractivity contribution in [2.75, 3.05) is 0 Å². The molecule has 6 rings (SSSR count). The molecule has 0 radical (unpaired) electrons. The number of carbonyl (C=O) groups excluding carboxylic acids is 1. The molecule has 0 aromatic carbocycles. The van der Waals surface area contributed by atoms with Gasteiger partial charge >= 0.3 is 5.97 Å². The van der Waals surface area contributed by atoms with E-state index in [1.165, 1.54) is 62.0 Å². The molecule has 5 aliphatic carbocycles. The lowest BCUT2D eigenvalue weighted by atomic mass is 9.40. The van der Waals surface area contributed by atoms with Gasteiger partial charge in [0.2, 0.25) is 0 Å². The number of Topliss-reactive ketones (excluding diaryl/α,β-unsaturated/α-hetero) is 1. The maximum atomic E-state index is 13.6. The number of aromatic carboxylic acids is 1. The van der Waals surface area contributed by atoms with Crippen molar-refractivity contribution in [3.8, 4) is 0 Å². The van der Waals surface area contributed by atoms with Crippen LogP contribution >= 0.6 is 0 Å². The molecule has 1 aromatic heterocycles. The van der Waals surface area contributed by atoms with E-state index in [0.29, 0.717) is 22.7 Å². The lowest BCUT2D eigenvalue weighted by molar-refractivity contribution is -0.187. The van der Waals surface area contributed by atoms with E-state index in [1.54, 1.807) is 0 Å². The van der Waals surface area contributed by atoms with Crippen molar-refractivity contribution in [3.05, 3.63) is 18.0 Å². The first kappa shape index (κ1) is 25.6. The monoisotopic (exact) mass is 510 g/mol. The topological polar surface area (TPSA) is 92.4 Å². The van der Waals surface area contributed by atoms with Crippen LogP contribution in [0, 0.1) is 45.8 Å². The Morgan fingerprint density at radius 2 is 1.68 bits per heavy atom. The van der Waals surface area contributed by atoms with Crippen LogP contribution in [0.1, 0.15) is 115 Å². The highest BCUT2D eigenvalue weighted by atomic mass is 16.4. The van der Waals surface area contributed by atoms with E-state index in [1.807, 2.05) is 0 Å². The summed E-state index contributed by atoms with van der Waals surface area (Å²) in [5, 5.41) is 24.6. The van der Waals surface area contributed by atoms with Crippen LogP contribution in [0.2, 0.25) is 0 Å². The Labute approximate surface area is 221 Å². The number of aliphatic hydroxyl groups is 1. The number of aromatic nitrogens is 2. The summed E-state index contributed by atoms with van der Waals surface area (Å²) in [6.45, 7) is 7.25. The van der Waals surface area contributed by atoms with Crippen LogP contribution in [0.25, 0.3) is 0 Å². The van der Waals surface area contributed by atoms with Crippen molar-refractivity contribution >= 4 is 11.8 Å². The van der Waals surface area contributed by atoms with Crippen LogP contribution in [0.3, 0.4) is 0 Å². The quantitative estimate of drug-likeness (QED) is 0.498. The van der Waals surface area contributed by atoms with Gasteiger partial charge < -0.3 is 10.2 Å². The van der Waals surface area contributed by atoms with Gasteiger partial charge in [0.05, 0.1) is 23.9 Å². The van der Waals surface area contributed by atoms with Crippen molar-refractivity contribution < 1.29 is 19.8 Å². The average Bonchev–Trinajstić information content (AvgIpc) is 3.50. The second-order valence-corrected chi connectivity index (χ2v) is 14.6. The number of carbonyl (C=O) groups is 2. The summed E-state index contributed by atoms with van der Waals surface area (Å²) in [5.41, 5.74) is 0.215. The molecular weight excluding hydrogens is 464 g/mol. The molecule has 2 N–H and O–H groups in total. The molecule has 5 aliphatic rings. The first-order valence-corrected chi connectivity index (χ1v) is 15.0. The summed E-state index contributed by atoms with van der Waals surface area (Å²) in [6, 6.07) is 0. The van der Waals surface area contributed by atoms with Gasteiger partial charge in [0.15, 0.2) is 5.78 Å². The van der Waals surface area contributed by atoms with Crippen molar-refractivity contribution in [2.24, 2.45) is 45.8 Å². The third-order valence-corrected chi connectivity index (χ3v) is 12.7. The Kier molecular flexibility index (Phi) is 5.99. The minimum atomic E-state index is -1.01. The molecule has 1 heterocycles. The van der Waals surface area contributed by atoms with E-state index < -0.39 is 11.6 Å². The minimum Gasteiger partial charge on any atom is -0.478 e. The molecule has 0 spiro atoms. The number of nitrogens with zero attached hydrogens (tertiary/aromatic N) is 2. The van der Waals surface area contributed by atoms with Crippen LogP contribution < -0.4 is 0 Å². The Morgan fingerprint density at radius 3 is 2.38 bits per heavy atom.